The Hall–Kier alpha value is -3.72. The number of carbonyl (C=O) groups excluding carboxylic acids is 2. The topological polar surface area (TPSA) is 98.6 Å². The number of hydrogen-bond acceptors (Lipinski definition) is 7. The van der Waals surface area contributed by atoms with Crippen molar-refractivity contribution in [3.8, 4) is 5.69 Å². The Morgan fingerprint density at radius 2 is 1.88 bits per heavy atom. The van der Waals surface area contributed by atoms with Crippen LogP contribution in [0, 0.1) is 13.8 Å². The zero-order valence-electron chi connectivity index (χ0n) is 18.1. The summed E-state index contributed by atoms with van der Waals surface area (Å²) in [5, 5.41) is 7.21. The zero-order valence-corrected chi connectivity index (χ0v) is 18.1. The highest BCUT2D eigenvalue weighted by Gasteiger charge is 2.21. The van der Waals surface area contributed by atoms with Gasteiger partial charge in [-0.05, 0) is 38.1 Å². The van der Waals surface area contributed by atoms with E-state index >= 15 is 0 Å². The summed E-state index contributed by atoms with van der Waals surface area (Å²) in [4.78, 5) is 31.5. The second kappa shape index (κ2) is 9.61. The number of benzene rings is 1. The maximum Gasteiger partial charge on any atom is 0.342 e. The smallest absolute Gasteiger partial charge is 0.342 e. The number of rotatable bonds is 6. The van der Waals surface area contributed by atoms with E-state index in [0.717, 1.165) is 16.9 Å². The molecule has 0 unspecified atom stereocenters. The number of esters is 1. The van der Waals surface area contributed by atoms with Crippen LogP contribution in [0.3, 0.4) is 0 Å². The van der Waals surface area contributed by atoms with Gasteiger partial charge in [0, 0.05) is 25.4 Å². The molecule has 1 aromatic carbocycles. The van der Waals surface area contributed by atoms with Crippen molar-refractivity contribution in [2.75, 3.05) is 43.1 Å². The van der Waals surface area contributed by atoms with Gasteiger partial charge in [-0.1, -0.05) is 17.7 Å². The number of ether oxygens (including phenoxy) is 2. The molecule has 0 aliphatic carbocycles. The highest BCUT2D eigenvalue weighted by Crippen LogP contribution is 2.20. The van der Waals surface area contributed by atoms with Crippen LogP contribution < -0.4 is 10.2 Å². The standard InChI is InChI=1S/C23H25N5O4/c1-16-5-7-18(8-6-16)28-20(14-17(2)26-28)25-21(29)15-32-23(30)19-4-3-9-24-22(19)27-10-12-31-13-11-27/h3-9,14H,10-13,15H2,1-2H3,(H,25,29). The first kappa shape index (κ1) is 21.5. The van der Waals surface area contributed by atoms with E-state index in [1.165, 1.54) is 0 Å². The van der Waals surface area contributed by atoms with Gasteiger partial charge in [-0.2, -0.15) is 5.10 Å². The van der Waals surface area contributed by atoms with Gasteiger partial charge in [0.05, 0.1) is 24.6 Å². The molecule has 32 heavy (non-hydrogen) atoms. The summed E-state index contributed by atoms with van der Waals surface area (Å²) < 4.78 is 12.3. The number of aryl methyl sites for hydroxylation is 2. The van der Waals surface area contributed by atoms with Gasteiger partial charge < -0.3 is 19.7 Å². The minimum Gasteiger partial charge on any atom is -0.452 e. The molecule has 0 bridgehead atoms. The number of aromatic nitrogens is 3. The molecule has 1 amide bonds. The van der Waals surface area contributed by atoms with Crippen LogP contribution >= 0.6 is 0 Å². The molecule has 3 aromatic rings. The summed E-state index contributed by atoms with van der Waals surface area (Å²) in [5.74, 6) is -0.0153. The molecule has 1 aliphatic rings. The largest absolute Gasteiger partial charge is 0.452 e. The van der Waals surface area contributed by atoms with E-state index in [4.69, 9.17) is 9.47 Å². The Kier molecular flexibility index (Phi) is 6.46. The molecule has 9 heteroatoms. The highest BCUT2D eigenvalue weighted by atomic mass is 16.5. The molecule has 4 rings (SSSR count). The molecule has 166 valence electrons. The molecule has 0 spiro atoms. The second-order valence-electron chi connectivity index (χ2n) is 7.52. The summed E-state index contributed by atoms with van der Waals surface area (Å²) in [6.45, 7) is 5.84. The molecule has 9 nitrogen and oxygen atoms in total. The molecule has 0 radical (unpaired) electrons. The van der Waals surface area contributed by atoms with Crippen LogP contribution in [0.2, 0.25) is 0 Å². The monoisotopic (exact) mass is 435 g/mol. The molecule has 2 aromatic heterocycles. The second-order valence-corrected chi connectivity index (χ2v) is 7.52. The van der Waals surface area contributed by atoms with E-state index in [9.17, 15) is 9.59 Å². The average Bonchev–Trinajstić information content (AvgIpc) is 3.18. The van der Waals surface area contributed by atoms with Crippen molar-refractivity contribution < 1.29 is 19.1 Å². The van der Waals surface area contributed by atoms with Crippen molar-refractivity contribution in [3.63, 3.8) is 0 Å². The molecular formula is C23H25N5O4. The van der Waals surface area contributed by atoms with Crippen molar-refractivity contribution in [1.82, 2.24) is 14.8 Å². The molecule has 1 aliphatic heterocycles. The number of nitrogens with zero attached hydrogens (tertiary/aromatic N) is 4. The van der Waals surface area contributed by atoms with Crippen molar-refractivity contribution in [1.29, 1.82) is 0 Å². The highest BCUT2D eigenvalue weighted by molar-refractivity contribution is 5.98. The van der Waals surface area contributed by atoms with Gasteiger partial charge in [0.15, 0.2) is 6.61 Å². The normalized spacial score (nSPS) is 13.6. The molecule has 1 N–H and O–H groups in total. The fourth-order valence-electron chi connectivity index (χ4n) is 3.44. The lowest BCUT2D eigenvalue weighted by Crippen LogP contribution is -2.37. The van der Waals surface area contributed by atoms with Gasteiger partial charge in [-0.25, -0.2) is 14.5 Å². The van der Waals surface area contributed by atoms with Crippen molar-refractivity contribution in [2.24, 2.45) is 0 Å². The first-order valence-electron chi connectivity index (χ1n) is 10.4. The van der Waals surface area contributed by atoms with E-state index < -0.39 is 18.5 Å². The van der Waals surface area contributed by atoms with E-state index in [1.54, 1.807) is 29.1 Å². The van der Waals surface area contributed by atoms with Crippen LogP contribution in [0.5, 0.6) is 0 Å². The van der Waals surface area contributed by atoms with Crippen molar-refractivity contribution >= 4 is 23.5 Å². The van der Waals surface area contributed by atoms with Crippen LogP contribution in [0.1, 0.15) is 21.6 Å². The van der Waals surface area contributed by atoms with Gasteiger partial charge in [0.1, 0.15) is 17.2 Å². The minimum absolute atomic E-state index is 0.322. The predicted octanol–water partition coefficient (Wildman–Crippen LogP) is 2.52. The molecule has 0 atom stereocenters. The molecule has 0 saturated carbocycles. The summed E-state index contributed by atoms with van der Waals surface area (Å²) >= 11 is 0. The van der Waals surface area contributed by atoms with Crippen LogP contribution in [-0.2, 0) is 14.3 Å². The number of carbonyl (C=O) groups is 2. The van der Waals surface area contributed by atoms with Crippen molar-refractivity contribution in [2.45, 2.75) is 13.8 Å². The molecule has 1 fully saturated rings. The summed E-state index contributed by atoms with van der Waals surface area (Å²) in [7, 11) is 0. The fourth-order valence-corrected chi connectivity index (χ4v) is 3.44. The fraction of sp³-hybridized carbons (Fsp3) is 0.304. The number of morpholine rings is 1. The van der Waals surface area contributed by atoms with Crippen LogP contribution in [0.25, 0.3) is 5.69 Å². The molecular weight excluding hydrogens is 410 g/mol. The van der Waals surface area contributed by atoms with Gasteiger partial charge >= 0.3 is 5.97 Å². The van der Waals surface area contributed by atoms with E-state index in [-0.39, 0.29) is 0 Å². The number of anilines is 2. The van der Waals surface area contributed by atoms with Gasteiger partial charge in [0.25, 0.3) is 5.91 Å². The molecule has 1 saturated heterocycles. The summed E-state index contributed by atoms with van der Waals surface area (Å²) in [5.41, 5.74) is 3.02. The number of hydrogen-bond donors (Lipinski definition) is 1. The number of pyridine rings is 1. The Morgan fingerprint density at radius 1 is 1.12 bits per heavy atom. The minimum atomic E-state index is -0.599. The van der Waals surface area contributed by atoms with Crippen LogP contribution in [-0.4, -0.2) is 59.6 Å². The predicted molar refractivity (Wildman–Crippen MR) is 119 cm³/mol. The lowest BCUT2D eigenvalue weighted by atomic mass is 10.2. The van der Waals surface area contributed by atoms with Gasteiger partial charge in [-0.3, -0.25) is 4.79 Å². The average molecular weight is 435 g/mol. The zero-order chi connectivity index (χ0) is 22.5. The first-order valence-corrected chi connectivity index (χ1v) is 10.4. The van der Waals surface area contributed by atoms with Gasteiger partial charge in [0.2, 0.25) is 0 Å². The Morgan fingerprint density at radius 3 is 2.62 bits per heavy atom. The van der Waals surface area contributed by atoms with Crippen LogP contribution in [0.15, 0.2) is 48.7 Å². The Labute approximate surface area is 186 Å². The number of nitrogens with one attached hydrogen (secondary N) is 1. The third kappa shape index (κ3) is 4.94. The third-order valence-corrected chi connectivity index (χ3v) is 5.03. The maximum absolute atomic E-state index is 12.7. The lowest BCUT2D eigenvalue weighted by molar-refractivity contribution is -0.119. The Balaban J connectivity index is 1.41. The summed E-state index contributed by atoms with van der Waals surface area (Å²) in [6, 6.07) is 12.9. The Bertz CT molecular complexity index is 1100. The van der Waals surface area contributed by atoms with Gasteiger partial charge in [-0.15, -0.1) is 0 Å². The summed E-state index contributed by atoms with van der Waals surface area (Å²) in [6.07, 6.45) is 1.63. The molecule has 3 heterocycles. The van der Waals surface area contributed by atoms with Crippen molar-refractivity contribution in [3.05, 3.63) is 65.5 Å². The lowest BCUT2D eigenvalue weighted by Gasteiger charge is -2.28. The third-order valence-electron chi connectivity index (χ3n) is 5.03. The van der Waals surface area contributed by atoms with E-state index in [0.29, 0.717) is 43.5 Å². The van der Waals surface area contributed by atoms with Crippen LogP contribution in [0.4, 0.5) is 11.6 Å². The van der Waals surface area contributed by atoms with E-state index in [1.807, 2.05) is 43.0 Å². The first-order chi connectivity index (χ1) is 15.5. The number of amides is 1. The maximum atomic E-state index is 12.7. The SMILES string of the molecule is Cc1ccc(-n2nc(C)cc2NC(=O)COC(=O)c2cccnc2N2CCOCC2)cc1. The van der Waals surface area contributed by atoms with E-state index in [2.05, 4.69) is 15.4 Å². The quantitative estimate of drug-likeness (QED) is 0.594.